The zero-order valence-electron chi connectivity index (χ0n) is 15.3. The minimum absolute atomic E-state index is 0.125. The largest absolute Gasteiger partial charge is 0.484 e. The number of amides is 1. The minimum Gasteiger partial charge on any atom is -0.484 e. The molecular weight excluding hydrogens is 362 g/mol. The van der Waals surface area contributed by atoms with E-state index in [0.29, 0.717) is 11.1 Å². The number of anilines is 1. The molecule has 0 saturated heterocycles. The van der Waals surface area contributed by atoms with Gasteiger partial charge in [0.05, 0.1) is 5.75 Å². The molecule has 0 atom stereocenters. The van der Waals surface area contributed by atoms with Crippen molar-refractivity contribution in [2.24, 2.45) is 0 Å². The van der Waals surface area contributed by atoms with Crippen molar-refractivity contribution in [3.63, 3.8) is 0 Å². The molecule has 6 nitrogen and oxygen atoms in total. The van der Waals surface area contributed by atoms with Crippen molar-refractivity contribution >= 4 is 23.4 Å². The molecule has 0 fully saturated rings. The maximum absolute atomic E-state index is 12.0. The molecule has 2 aromatic carbocycles. The third-order valence-electron chi connectivity index (χ3n) is 3.87. The molecule has 0 spiro atoms. The van der Waals surface area contributed by atoms with Gasteiger partial charge in [-0.1, -0.05) is 49.0 Å². The van der Waals surface area contributed by atoms with E-state index < -0.39 is 0 Å². The van der Waals surface area contributed by atoms with E-state index in [1.54, 1.807) is 0 Å². The number of ether oxygens (including phenoxy) is 1. The number of thioether (sulfide) groups is 1. The number of hydrogen-bond acceptors (Lipinski definition) is 6. The van der Waals surface area contributed by atoms with Crippen molar-refractivity contribution in [3.8, 4) is 5.75 Å². The van der Waals surface area contributed by atoms with Crippen molar-refractivity contribution in [2.75, 3.05) is 11.1 Å². The molecule has 0 unspecified atom stereocenters. The van der Waals surface area contributed by atoms with E-state index in [1.165, 1.54) is 17.3 Å². The fourth-order valence-corrected chi connectivity index (χ4v) is 2.94. The van der Waals surface area contributed by atoms with Gasteiger partial charge in [-0.25, -0.2) is 0 Å². The number of nitrogens with one attached hydrogen (secondary N) is 1. The van der Waals surface area contributed by atoms with E-state index in [-0.39, 0.29) is 18.3 Å². The maximum Gasteiger partial charge on any atom is 0.277 e. The molecule has 3 rings (SSSR count). The lowest BCUT2D eigenvalue weighted by Gasteiger charge is -2.05. The van der Waals surface area contributed by atoms with Crippen LogP contribution in [0.5, 0.6) is 5.75 Å². The van der Waals surface area contributed by atoms with Gasteiger partial charge in [0.25, 0.3) is 11.1 Å². The number of aryl methyl sites for hydroxylation is 2. The fourth-order valence-electron chi connectivity index (χ4n) is 2.36. The Morgan fingerprint density at radius 1 is 1.15 bits per heavy atom. The number of rotatable bonds is 8. The molecule has 0 aliphatic carbocycles. The van der Waals surface area contributed by atoms with Crippen LogP contribution in [0.4, 0.5) is 5.69 Å². The topological polar surface area (TPSA) is 77.2 Å². The highest BCUT2D eigenvalue weighted by atomic mass is 32.2. The number of para-hydroxylation sites is 1. The highest BCUT2D eigenvalue weighted by Gasteiger charge is 2.11. The van der Waals surface area contributed by atoms with Crippen LogP contribution in [-0.4, -0.2) is 21.9 Å². The molecular formula is C20H21N3O3S. The van der Waals surface area contributed by atoms with E-state index in [0.717, 1.165) is 23.4 Å². The summed E-state index contributed by atoms with van der Waals surface area (Å²) < 4.78 is 11.2. The van der Waals surface area contributed by atoms with Gasteiger partial charge in [0.15, 0.2) is 6.61 Å². The molecule has 7 heteroatoms. The van der Waals surface area contributed by atoms with Crippen LogP contribution in [-0.2, 0) is 17.8 Å². The molecule has 1 aromatic heterocycles. The second-order valence-corrected chi connectivity index (χ2v) is 6.83. The van der Waals surface area contributed by atoms with Gasteiger partial charge in [-0.2, -0.15) is 0 Å². The van der Waals surface area contributed by atoms with Crippen molar-refractivity contribution < 1.29 is 13.9 Å². The van der Waals surface area contributed by atoms with Gasteiger partial charge >= 0.3 is 0 Å². The van der Waals surface area contributed by atoms with Crippen LogP contribution in [0, 0.1) is 6.92 Å². The molecule has 0 aliphatic rings. The Hall–Kier alpha value is -2.80. The van der Waals surface area contributed by atoms with Crippen molar-refractivity contribution in [2.45, 2.75) is 32.1 Å². The fraction of sp³-hybridized carbons (Fsp3) is 0.250. The van der Waals surface area contributed by atoms with Gasteiger partial charge in [0.1, 0.15) is 5.75 Å². The SMILES string of the molecule is CCc1ccc(NC(=O)CSc2nnc(COc3ccccc3C)o2)cc1. The van der Waals surface area contributed by atoms with Crippen LogP contribution in [0.2, 0.25) is 0 Å². The number of benzene rings is 2. The summed E-state index contributed by atoms with van der Waals surface area (Å²) in [6.45, 7) is 4.25. The van der Waals surface area contributed by atoms with Crippen LogP contribution in [0.25, 0.3) is 0 Å². The summed E-state index contributed by atoms with van der Waals surface area (Å²) in [4.78, 5) is 12.0. The summed E-state index contributed by atoms with van der Waals surface area (Å²) in [5.41, 5.74) is 3.04. The molecule has 0 bridgehead atoms. The van der Waals surface area contributed by atoms with E-state index in [1.807, 2.05) is 55.5 Å². The highest BCUT2D eigenvalue weighted by Crippen LogP contribution is 2.20. The van der Waals surface area contributed by atoms with E-state index in [9.17, 15) is 4.79 Å². The molecule has 140 valence electrons. The lowest BCUT2D eigenvalue weighted by molar-refractivity contribution is -0.113. The van der Waals surface area contributed by atoms with E-state index in [2.05, 4.69) is 22.4 Å². The van der Waals surface area contributed by atoms with Gasteiger partial charge in [0, 0.05) is 5.69 Å². The summed E-state index contributed by atoms with van der Waals surface area (Å²) in [7, 11) is 0. The Bertz CT molecular complexity index is 893. The smallest absolute Gasteiger partial charge is 0.277 e. The average Bonchev–Trinajstić information content (AvgIpc) is 3.14. The van der Waals surface area contributed by atoms with Gasteiger partial charge in [-0.05, 0) is 42.7 Å². The summed E-state index contributed by atoms with van der Waals surface area (Å²) in [6.07, 6.45) is 0.969. The molecule has 1 N–H and O–H groups in total. The van der Waals surface area contributed by atoms with Crippen LogP contribution in [0.1, 0.15) is 23.9 Å². The molecule has 0 aliphatic heterocycles. The maximum atomic E-state index is 12.0. The minimum atomic E-state index is -0.125. The number of aromatic nitrogens is 2. The molecule has 1 heterocycles. The Labute approximate surface area is 162 Å². The monoisotopic (exact) mass is 383 g/mol. The van der Waals surface area contributed by atoms with Gasteiger partial charge in [-0.15, -0.1) is 10.2 Å². The predicted octanol–water partition coefficient (Wildman–Crippen LogP) is 4.25. The van der Waals surface area contributed by atoms with Gasteiger partial charge in [0.2, 0.25) is 5.91 Å². The second-order valence-electron chi connectivity index (χ2n) is 5.90. The second kappa shape index (κ2) is 9.23. The molecule has 3 aromatic rings. The lowest BCUT2D eigenvalue weighted by atomic mass is 10.1. The number of carbonyl (C=O) groups is 1. The van der Waals surface area contributed by atoms with Crippen molar-refractivity contribution in [1.82, 2.24) is 10.2 Å². The van der Waals surface area contributed by atoms with Crippen molar-refractivity contribution in [1.29, 1.82) is 0 Å². The van der Waals surface area contributed by atoms with Crippen LogP contribution >= 0.6 is 11.8 Å². The van der Waals surface area contributed by atoms with Crippen LogP contribution < -0.4 is 10.1 Å². The Morgan fingerprint density at radius 3 is 2.67 bits per heavy atom. The third kappa shape index (κ3) is 5.59. The van der Waals surface area contributed by atoms with Crippen molar-refractivity contribution in [3.05, 3.63) is 65.5 Å². The van der Waals surface area contributed by atoms with Crippen LogP contribution in [0.15, 0.2) is 58.2 Å². The molecule has 0 radical (unpaired) electrons. The lowest BCUT2D eigenvalue weighted by Crippen LogP contribution is -2.13. The number of hydrogen-bond donors (Lipinski definition) is 1. The Kier molecular flexibility index (Phi) is 6.49. The van der Waals surface area contributed by atoms with E-state index in [4.69, 9.17) is 9.15 Å². The first-order valence-corrected chi connectivity index (χ1v) is 9.65. The first kappa shape index (κ1) is 19.0. The number of nitrogens with zero attached hydrogens (tertiary/aromatic N) is 2. The van der Waals surface area contributed by atoms with Gasteiger partial charge < -0.3 is 14.5 Å². The molecule has 1 amide bonds. The summed E-state index contributed by atoms with van der Waals surface area (Å²) in [6, 6.07) is 15.5. The average molecular weight is 383 g/mol. The zero-order valence-corrected chi connectivity index (χ0v) is 16.1. The van der Waals surface area contributed by atoms with Gasteiger partial charge in [-0.3, -0.25) is 4.79 Å². The standard InChI is InChI=1S/C20H21N3O3S/c1-3-15-8-10-16(11-9-15)21-18(24)13-27-20-23-22-19(26-20)12-25-17-7-5-4-6-14(17)2/h4-11H,3,12-13H2,1-2H3,(H,21,24). The first-order valence-electron chi connectivity index (χ1n) is 8.66. The predicted molar refractivity (Wildman–Crippen MR) is 105 cm³/mol. The summed E-state index contributed by atoms with van der Waals surface area (Å²) in [5, 5.41) is 11.1. The van der Waals surface area contributed by atoms with E-state index >= 15 is 0 Å². The zero-order chi connectivity index (χ0) is 19.1. The first-order chi connectivity index (χ1) is 13.1. The molecule has 27 heavy (non-hydrogen) atoms. The number of carbonyl (C=O) groups excluding carboxylic acids is 1. The van der Waals surface area contributed by atoms with Crippen LogP contribution in [0.3, 0.4) is 0 Å². The highest BCUT2D eigenvalue weighted by molar-refractivity contribution is 7.99. The third-order valence-corrected chi connectivity index (χ3v) is 4.68. The Balaban J connectivity index is 1.46. The quantitative estimate of drug-likeness (QED) is 0.586. The summed E-state index contributed by atoms with van der Waals surface area (Å²) in [5.74, 6) is 1.21. The molecule has 0 saturated carbocycles. The summed E-state index contributed by atoms with van der Waals surface area (Å²) >= 11 is 1.19. The normalized spacial score (nSPS) is 10.6. The Morgan fingerprint density at radius 2 is 1.93 bits per heavy atom.